The number of likely N-dealkylation sites (tertiary alicyclic amines) is 1. The van der Waals surface area contributed by atoms with Gasteiger partial charge in [0.25, 0.3) is 5.91 Å². The number of benzene rings is 1. The second-order valence-electron chi connectivity index (χ2n) is 8.66. The van der Waals surface area contributed by atoms with E-state index in [1.54, 1.807) is 18.5 Å². The number of carbonyl (C=O) groups excluding carboxylic acids is 1. The molecule has 7 nitrogen and oxygen atoms in total. The molecule has 3 aromatic heterocycles. The number of hydrogen-bond acceptors (Lipinski definition) is 5. The first-order chi connectivity index (χ1) is 15.9. The molecule has 0 radical (unpaired) electrons. The molecule has 33 heavy (non-hydrogen) atoms. The second-order valence-corrected chi connectivity index (χ2v) is 8.66. The number of fused-ring (bicyclic) bond motifs is 1. The van der Waals surface area contributed by atoms with Crippen molar-refractivity contribution in [1.29, 1.82) is 0 Å². The van der Waals surface area contributed by atoms with Gasteiger partial charge in [-0.3, -0.25) is 4.79 Å². The number of imidazole rings is 1. The number of anilines is 1. The van der Waals surface area contributed by atoms with E-state index in [0.29, 0.717) is 24.7 Å². The van der Waals surface area contributed by atoms with E-state index in [1.165, 1.54) is 12.1 Å². The zero-order chi connectivity index (χ0) is 23.1. The zero-order valence-corrected chi connectivity index (χ0v) is 18.9. The first-order valence-corrected chi connectivity index (χ1v) is 10.9. The summed E-state index contributed by atoms with van der Waals surface area (Å²) in [5.41, 5.74) is 4.61. The SMILES string of the molecule is Cc1cccn2cc(C(=O)N3CC[C@@H](c4nc(N(C)C)ncc4-c4cccc(F)c4)C3)nc12. The monoisotopic (exact) mass is 444 g/mol. The molecule has 1 aliphatic heterocycles. The van der Waals surface area contributed by atoms with Crippen molar-refractivity contribution in [2.75, 3.05) is 32.1 Å². The number of pyridine rings is 1. The van der Waals surface area contributed by atoms with Gasteiger partial charge in [0.05, 0.1) is 5.69 Å². The van der Waals surface area contributed by atoms with Crippen LogP contribution >= 0.6 is 0 Å². The molecule has 0 bridgehead atoms. The van der Waals surface area contributed by atoms with E-state index in [2.05, 4.69) is 9.97 Å². The third-order valence-electron chi connectivity index (χ3n) is 6.10. The van der Waals surface area contributed by atoms with Crippen LogP contribution in [0.1, 0.15) is 34.1 Å². The first kappa shape index (κ1) is 21.1. The van der Waals surface area contributed by atoms with Crippen molar-refractivity contribution in [3.05, 3.63) is 77.8 Å². The van der Waals surface area contributed by atoms with Crippen molar-refractivity contribution in [2.24, 2.45) is 0 Å². The van der Waals surface area contributed by atoms with Crippen molar-refractivity contribution in [3.8, 4) is 11.1 Å². The molecular formula is C25H25FN6O. The highest BCUT2D eigenvalue weighted by atomic mass is 19.1. The molecule has 4 heterocycles. The van der Waals surface area contributed by atoms with Crippen LogP contribution in [0.5, 0.6) is 0 Å². The third-order valence-corrected chi connectivity index (χ3v) is 6.10. The fraction of sp³-hybridized carbons (Fsp3) is 0.280. The van der Waals surface area contributed by atoms with Crippen LogP contribution < -0.4 is 4.90 Å². The highest BCUT2D eigenvalue weighted by molar-refractivity contribution is 5.93. The van der Waals surface area contributed by atoms with Crippen molar-refractivity contribution >= 4 is 17.5 Å². The highest BCUT2D eigenvalue weighted by Gasteiger charge is 2.32. The largest absolute Gasteiger partial charge is 0.347 e. The fourth-order valence-electron chi connectivity index (χ4n) is 4.38. The summed E-state index contributed by atoms with van der Waals surface area (Å²) >= 11 is 0. The molecule has 0 spiro atoms. The van der Waals surface area contributed by atoms with Crippen molar-refractivity contribution in [2.45, 2.75) is 19.3 Å². The van der Waals surface area contributed by atoms with Gasteiger partial charge in [-0.1, -0.05) is 18.2 Å². The predicted octanol–water partition coefficient (Wildman–Crippen LogP) is 3.93. The van der Waals surface area contributed by atoms with E-state index in [-0.39, 0.29) is 17.6 Å². The molecule has 1 aromatic carbocycles. The molecule has 0 aliphatic carbocycles. The summed E-state index contributed by atoms with van der Waals surface area (Å²) < 4.78 is 15.8. The third kappa shape index (κ3) is 3.92. The van der Waals surface area contributed by atoms with Crippen LogP contribution in [0.25, 0.3) is 16.8 Å². The average Bonchev–Trinajstić information content (AvgIpc) is 3.47. The normalized spacial score (nSPS) is 15.9. The quantitative estimate of drug-likeness (QED) is 0.477. The Balaban J connectivity index is 1.46. The Morgan fingerprint density at radius 1 is 1.18 bits per heavy atom. The standard InChI is InChI=1S/C25H25FN6O/c1-16-6-5-10-31-15-21(28-23(16)31)24(33)32-11-9-18(14-32)22-20(13-27-25(29-22)30(2)3)17-7-4-8-19(26)12-17/h4-8,10,12-13,15,18H,9,11,14H2,1-3H3/t18-/m1/s1. The van der Waals surface area contributed by atoms with Gasteiger partial charge in [0.1, 0.15) is 17.2 Å². The number of halogens is 1. The lowest BCUT2D eigenvalue weighted by atomic mass is 9.96. The number of aryl methyl sites for hydroxylation is 1. The lowest BCUT2D eigenvalue weighted by Crippen LogP contribution is -2.29. The maximum atomic E-state index is 13.9. The van der Waals surface area contributed by atoms with E-state index in [0.717, 1.165) is 34.5 Å². The number of amides is 1. The van der Waals surface area contributed by atoms with Gasteiger partial charge >= 0.3 is 0 Å². The van der Waals surface area contributed by atoms with Crippen LogP contribution in [0.2, 0.25) is 0 Å². The highest BCUT2D eigenvalue weighted by Crippen LogP contribution is 2.34. The van der Waals surface area contributed by atoms with Crippen LogP contribution in [0.15, 0.2) is 55.0 Å². The smallest absolute Gasteiger partial charge is 0.274 e. The van der Waals surface area contributed by atoms with E-state index in [4.69, 9.17) is 4.98 Å². The van der Waals surface area contributed by atoms with E-state index < -0.39 is 0 Å². The van der Waals surface area contributed by atoms with Gasteiger partial charge in [-0.25, -0.2) is 19.3 Å². The van der Waals surface area contributed by atoms with Crippen LogP contribution in [0.3, 0.4) is 0 Å². The summed E-state index contributed by atoms with van der Waals surface area (Å²) in [6, 6.07) is 10.4. The van der Waals surface area contributed by atoms with Gasteiger partial charge in [0, 0.05) is 57.3 Å². The number of nitrogens with zero attached hydrogens (tertiary/aromatic N) is 6. The van der Waals surface area contributed by atoms with Crippen LogP contribution in [0, 0.1) is 12.7 Å². The topological polar surface area (TPSA) is 66.6 Å². The molecule has 1 aliphatic rings. The minimum atomic E-state index is -0.305. The molecule has 0 saturated carbocycles. The maximum absolute atomic E-state index is 13.9. The fourth-order valence-corrected chi connectivity index (χ4v) is 4.38. The van der Waals surface area contributed by atoms with E-state index >= 15 is 0 Å². The minimum Gasteiger partial charge on any atom is -0.347 e. The Kier molecular flexibility index (Phi) is 5.28. The van der Waals surface area contributed by atoms with Gasteiger partial charge in [0.2, 0.25) is 5.95 Å². The summed E-state index contributed by atoms with van der Waals surface area (Å²) in [7, 11) is 3.77. The first-order valence-electron chi connectivity index (χ1n) is 10.9. The minimum absolute atomic E-state index is 0.0210. The van der Waals surface area contributed by atoms with Crippen molar-refractivity contribution < 1.29 is 9.18 Å². The molecule has 1 fully saturated rings. The molecule has 1 saturated heterocycles. The van der Waals surface area contributed by atoms with Crippen molar-refractivity contribution in [1.82, 2.24) is 24.3 Å². The Bertz CT molecular complexity index is 1350. The second kappa shape index (κ2) is 8.27. The molecule has 1 amide bonds. The summed E-state index contributed by atoms with van der Waals surface area (Å²) in [5.74, 6) is 0.216. The molecule has 0 N–H and O–H groups in total. The van der Waals surface area contributed by atoms with Crippen LogP contribution in [-0.2, 0) is 0 Å². The number of aromatic nitrogens is 4. The number of carbonyl (C=O) groups is 1. The molecule has 1 atom stereocenters. The summed E-state index contributed by atoms with van der Waals surface area (Å²) in [5, 5.41) is 0. The lowest BCUT2D eigenvalue weighted by Gasteiger charge is -2.19. The van der Waals surface area contributed by atoms with Gasteiger partial charge in [0.15, 0.2) is 0 Å². The lowest BCUT2D eigenvalue weighted by molar-refractivity contribution is 0.0785. The Hall–Kier alpha value is -3.81. The summed E-state index contributed by atoms with van der Waals surface area (Å²) in [4.78, 5) is 30.7. The maximum Gasteiger partial charge on any atom is 0.274 e. The molecule has 8 heteroatoms. The molecule has 168 valence electrons. The Morgan fingerprint density at radius 2 is 2.03 bits per heavy atom. The molecule has 5 rings (SSSR count). The Morgan fingerprint density at radius 3 is 2.79 bits per heavy atom. The zero-order valence-electron chi connectivity index (χ0n) is 18.9. The van der Waals surface area contributed by atoms with Crippen LogP contribution in [0.4, 0.5) is 10.3 Å². The van der Waals surface area contributed by atoms with Gasteiger partial charge in [-0.2, -0.15) is 0 Å². The van der Waals surface area contributed by atoms with Crippen LogP contribution in [-0.4, -0.2) is 57.3 Å². The molecule has 4 aromatic rings. The van der Waals surface area contributed by atoms with Crippen molar-refractivity contribution in [3.63, 3.8) is 0 Å². The number of hydrogen-bond donors (Lipinski definition) is 0. The molecular weight excluding hydrogens is 419 g/mol. The summed E-state index contributed by atoms with van der Waals surface area (Å²) in [6.45, 7) is 3.12. The van der Waals surface area contributed by atoms with E-state index in [1.807, 2.05) is 59.6 Å². The number of rotatable bonds is 4. The summed E-state index contributed by atoms with van der Waals surface area (Å²) in [6.07, 6.45) is 6.20. The van der Waals surface area contributed by atoms with Gasteiger partial charge < -0.3 is 14.2 Å². The molecule has 0 unspecified atom stereocenters. The van der Waals surface area contributed by atoms with Gasteiger partial charge in [-0.15, -0.1) is 0 Å². The Labute approximate surface area is 191 Å². The predicted molar refractivity (Wildman–Crippen MR) is 125 cm³/mol. The van der Waals surface area contributed by atoms with E-state index in [9.17, 15) is 9.18 Å². The van der Waals surface area contributed by atoms with Gasteiger partial charge in [-0.05, 0) is 42.7 Å². The average molecular weight is 445 g/mol.